The number of furan rings is 1. The lowest BCUT2D eigenvalue weighted by Gasteiger charge is -2.28. The zero-order chi connectivity index (χ0) is 40.4. The van der Waals surface area contributed by atoms with Crippen LogP contribution in [0.15, 0.2) is 205 Å². The molecule has 2 nitrogen and oxygen atoms in total. The van der Waals surface area contributed by atoms with Crippen LogP contribution in [-0.4, -0.2) is 0 Å². The maximum atomic E-state index is 7.12. The first-order valence-electron chi connectivity index (χ1n) is 21.2. The fourth-order valence-corrected chi connectivity index (χ4v) is 10.6. The molecule has 0 fully saturated rings. The van der Waals surface area contributed by atoms with E-state index in [1.807, 2.05) is 0 Å². The SMILES string of the molecule is CC1(C)c2ccccc2-c2ccc(N(c3ccc4c(c3)oc3c(-c5ccc6ccccc6c5)c5ccccc5cc34)c3ccc4c5ccccc5c5ccccc5c4c3)cc21. The third-order valence-electron chi connectivity index (χ3n) is 13.6. The predicted molar refractivity (Wildman–Crippen MR) is 259 cm³/mol. The molecule has 0 amide bonds. The summed E-state index contributed by atoms with van der Waals surface area (Å²) in [4.78, 5) is 2.43. The van der Waals surface area contributed by atoms with Crippen LogP contribution >= 0.6 is 0 Å². The van der Waals surface area contributed by atoms with Crippen molar-refractivity contribution in [1.82, 2.24) is 0 Å². The van der Waals surface area contributed by atoms with Gasteiger partial charge in [0.1, 0.15) is 11.2 Å². The Kier molecular flexibility index (Phi) is 7.10. The highest BCUT2D eigenvalue weighted by Crippen LogP contribution is 2.51. The summed E-state index contributed by atoms with van der Waals surface area (Å²) < 4.78 is 7.12. The topological polar surface area (TPSA) is 16.4 Å². The summed E-state index contributed by atoms with van der Waals surface area (Å²) in [5, 5.41) is 14.6. The second-order valence-corrected chi connectivity index (χ2v) is 17.3. The molecule has 0 saturated heterocycles. The zero-order valence-corrected chi connectivity index (χ0v) is 33.9. The first-order chi connectivity index (χ1) is 30.0. The first-order valence-corrected chi connectivity index (χ1v) is 21.2. The first kappa shape index (κ1) is 34.2. The Morgan fingerprint density at radius 1 is 0.361 bits per heavy atom. The summed E-state index contributed by atoms with van der Waals surface area (Å²) in [6.45, 7) is 4.72. The Morgan fingerprint density at radius 2 is 0.918 bits per heavy atom. The van der Waals surface area contributed by atoms with Crippen LogP contribution in [0, 0.1) is 0 Å². The number of nitrogens with zero attached hydrogens (tertiary/aromatic N) is 1. The van der Waals surface area contributed by atoms with Gasteiger partial charge in [0.25, 0.3) is 0 Å². The molecular formula is C59H39NO. The maximum absolute atomic E-state index is 7.12. The van der Waals surface area contributed by atoms with E-state index in [0.717, 1.165) is 50.1 Å². The van der Waals surface area contributed by atoms with Crippen molar-refractivity contribution in [2.45, 2.75) is 19.3 Å². The molecule has 1 heterocycles. The summed E-state index contributed by atoms with van der Waals surface area (Å²) in [6, 6.07) is 73.7. The molecule has 2 heteroatoms. The molecule has 0 aliphatic heterocycles. The number of rotatable bonds is 4. The number of benzene rings is 11. The quantitative estimate of drug-likeness (QED) is 0.166. The van der Waals surface area contributed by atoms with Crippen LogP contribution < -0.4 is 4.90 Å². The number of anilines is 3. The van der Waals surface area contributed by atoms with Gasteiger partial charge in [0, 0.05) is 44.9 Å². The molecule has 0 unspecified atom stereocenters. The van der Waals surface area contributed by atoms with Gasteiger partial charge >= 0.3 is 0 Å². The average Bonchev–Trinajstić information content (AvgIpc) is 3.78. The molecule has 0 saturated carbocycles. The van der Waals surface area contributed by atoms with Crippen molar-refractivity contribution >= 4 is 92.9 Å². The minimum atomic E-state index is -0.143. The van der Waals surface area contributed by atoms with E-state index in [4.69, 9.17) is 4.42 Å². The van der Waals surface area contributed by atoms with E-state index >= 15 is 0 Å². The molecule has 1 aromatic heterocycles. The third-order valence-corrected chi connectivity index (χ3v) is 13.6. The van der Waals surface area contributed by atoms with Gasteiger partial charge < -0.3 is 9.32 Å². The lowest BCUT2D eigenvalue weighted by molar-refractivity contribution is 0.660. The molecule has 0 radical (unpaired) electrons. The van der Waals surface area contributed by atoms with E-state index in [1.165, 1.54) is 76.1 Å². The number of hydrogen-bond acceptors (Lipinski definition) is 2. The van der Waals surface area contributed by atoms with Crippen molar-refractivity contribution in [1.29, 1.82) is 0 Å². The van der Waals surface area contributed by atoms with Crippen LogP contribution in [0.25, 0.3) is 98.1 Å². The molecule has 0 bridgehead atoms. The Morgan fingerprint density at radius 3 is 1.69 bits per heavy atom. The minimum Gasteiger partial charge on any atom is -0.455 e. The van der Waals surface area contributed by atoms with Crippen LogP contribution in [0.4, 0.5) is 17.1 Å². The fourth-order valence-electron chi connectivity index (χ4n) is 10.6. The van der Waals surface area contributed by atoms with E-state index in [1.54, 1.807) is 0 Å². The predicted octanol–water partition coefficient (Wildman–Crippen LogP) is 16.8. The summed E-state index contributed by atoms with van der Waals surface area (Å²) in [7, 11) is 0. The highest BCUT2D eigenvalue weighted by Gasteiger charge is 2.36. The molecule has 0 atom stereocenters. The second kappa shape index (κ2) is 12.7. The average molecular weight is 778 g/mol. The lowest BCUT2D eigenvalue weighted by atomic mass is 9.82. The van der Waals surface area contributed by atoms with Gasteiger partial charge in [-0.2, -0.15) is 0 Å². The van der Waals surface area contributed by atoms with Gasteiger partial charge in [-0.05, 0) is 130 Å². The van der Waals surface area contributed by atoms with Crippen LogP contribution in [-0.2, 0) is 5.41 Å². The van der Waals surface area contributed by atoms with Gasteiger partial charge in [-0.1, -0.05) is 159 Å². The van der Waals surface area contributed by atoms with Crippen LogP contribution in [0.2, 0.25) is 0 Å². The Bertz CT molecular complexity index is 3780. The largest absolute Gasteiger partial charge is 0.455 e. The van der Waals surface area contributed by atoms with E-state index < -0.39 is 0 Å². The molecule has 0 spiro atoms. The van der Waals surface area contributed by atoms with Crippen molar-refractivity contribution < 1.29 is 4.42 Å². The molecule has 11 aromatic carbocycles. The zero-order valence-electron chi connectivity index (χ0n) is 33.9. The number of fused-ring (bicyclic) bond motifs is 14. The summed E-state index contributed by atoms with van der Waals surface area (Å²) >= 11 is 0. The van der Waals surface area contributed by atoms with Crippen LogP contribution in [0.1, 0.15) is 25.0 Å². The highest BCUT2D eigenvalue weighted by molar-refractivity contribution is 6.26. The molecule has 286 valence electrons. The molecule has 12 aromatic rings. The van der Waals surface area contributed by atoms with Gasteiger partial charge in [0.05, 0.1) is 0 Å². The maximum Gasteiger partial charge on any atom is 0.143 e. The smallest absolute Gasteiger partial charge is 0.143 e. The van der Waals surface area contributed by atoms with E-state index in [9.17, 15) is 0 Å². The van der Waals surface area contributed by atoms with Crippen molar-refractivity contribution in [2.75, 3.05) is 4.90 Å². The fraction of sp³-hybridized carbons (Fsp3) is 0.0508. The molecule has 1 aliphatic rings. The summed E-state index contributed by atoms with van der Waals surface area (Å²) in [5.74, 6) is 0. The van der Waals surface area contributed by atoms with Crippen LogP contribution in [0.5, 0.6) is 0 Å². The van der Waals surface area contributed by atoms with Gasteiger partial charge in [-0.3, -0.25) is 0 Å². The molecular weight excluding hydrogens is 739 g/mol. The Labute approximate surface area is 353 Å². The highest BCUT2D eigenvalue weighted by atomic mass is 16.3. The molecule has 13 rings (SSSR count). The second-order valence-electron chi connectivity index (χ2n) is 17.3. The molecule has 0 N–H and O–H groups in total. The lowest BCUT2D eigenvalue weighted by Crippen LogP contribution is -2.16. The van der Waals surface area contributed by atoms with Crippen molar-refractivity contribution in [3.8, 4) is 22.3 Å². The normalized spacial score (nSPS) is 13.2. The van der Waals surface area contributed by atoms with Crippen molar-refractivity contribution in [2.24, 2.45) is 0 Å². The molecule has 61 heavy (non-hydrogen) atoms. The Hall–Kier alpha value is -7.68. The van der Waals surface area contributed by atoms with Gasteiger partial charge in [-0.25, -0.2) is 0 Å². The van der Waals surface area contributed by atoms with Gasteiger partial charge in [-0.15, -0.1) is 0 Å². The Balaban J connectivity index is 1.06. The van der Waals surface area contributed by atoms with Crippen molar-refractivity contribution in [3.63, 3.8) is 0 Å². The van der Waals surface area contributed by atoms with Crippen LogP contribution in [0.3, 0.4) is 0 Å². The third kappa shape index (κ3) is 4.97. The van der Waals surface area contributed by atoms with E-state index in [0.29, 0.717) is 0 Å². The molecule has 1 aliphatic carbocycles. The monoisotopic (exact) mass is 777 g/mol. The van der Waals surface area contributed by atoms with Crippen molar-refractivity contribution in [3.05, 3.63) is 211 Å². The standard InChI is InChI=1S/C59H39NO/c1-59(2)54-22-12-11-21-49(54)50-29-26-41(34-55(50)59)60(40-25-28-48-46-19-8-7-17-44(46)45-18-9-10-20-47(45)52(48)33-40)42-27-30-51-53-32-38-15-5-6-16-43(38)57(58(53)61-56(51)35-42)39-24-23-36-13-3-4-14-37(36)31-39/h3-35H,1-2H3. The van der Waals surface area contributed by atoms with E-state index in [2.05, 4.69) is 219 Å². The minimum absolute atomic E-state index is 0.143. The summed E-state index contributed by atoms with van der Waals surface area (Å²) in [5.41, 5.74) is 12.5. The van der Waals surface area contributed by atoms with Gasteiger partial charge in [0.2, 0.25) is 0 Å². The summed E-state index contributed by atoms with van der Waals surface area (Å²) in [6.07, 6.45) is 0. The van der Waals surface area contributed by atoms with Gasteiger partial charge in [0.15, 0.2) is 0 Å². The number of hydrogen-bond donors (Lipinski definition) is 0. The van der Waals surface area contributed by atoms with E-state index in [-0.39, 0.29) is 5.41 Å².